The Morgan fingerprint density at radius 3 is 2.44 bits per heavy atom. The topological polar surface area (TPSA) is 83.0 Å². The number of aromatic nitrogens is 3. The molecule has 1 fully saturated rings. The fourth-order valence-corrected chi connectivity index (χ4v) is 2.60. The van der Waals surface area contributed by atoms with Gasteiger partial charge >= 0.3 is 6.18 Å². The summed E-state index contributed by atoms with van der Waals surface area (Å²) in [5.41, 5.74) is -0.129. The minimum atomic E-state index is -4.53. The SMILES string of the molecule is CC(Nc1nc(NCC2CC2)nc(C2=C(F)C(O)C(F)CC2)n1)C(F)(F)F. The van der Waals surface area contributed by atoms with Gasteiger partial charge in [-0.15, -0.1) is 0 Å². The fraction of sp³-hybridized carbons (Fsp3) is 0.688. The van der Waals surface area contributed by atoms with Crippen molar-refractivity contribution in [1.82, 2.24) is 15.0 Å². The van der Waals surface area contributed by atoms with Gasteiger partial charge in [-0.1, -0.05) is 0 Å². The molecule has 0 saturated heterocycles. The molecule has 1 aromatic heterocycles. The van der Waals surface area contributed by atoms with E-state index < -0.39 is 30.3 Å². The van der Waals surface area contributed by atoms with Gasteiger partial charge in [0.05, 0.1) is 0 Å². The maximum absolute atomic E-state index is 14.3. The lowest BCUT2D eigenvalue weighted by Crippen LogP contribution is -2.34. The van der Waals surface area contributed by atoms with Crippen LogP contribution < -0.4 is 10.6 Å². The molecule has 0 spiro atoms. The summed E-state index contributed by atoms with van der Waals surface area (Å²) in [5, 5.41) is 14.6. The highest BCUT2D eigenvalue weighted by Crippen LogP contribution is 2.34. The Hall–Kier alpha value is -2.04. The second-order valence-corrected chi connectivity index (χ2v) is 6.86. The minimum Gasteiger partial charge on any atom is -0.383 e. The molecule has 0 aromatic carbocycles. The summed E-state index contributed by atoms with van der Waals surface area (Å²) in [6.07, 6.45) is -6.35. The van der Waals surface area contributed by atoms with Crippen LogP contribution in [0.3, 0.4) is 0 Å². The summed E-state index contributed by atoms with van der Waals surface area (Å²) in [7, 11) is 0. The number of hydrogen-bond acceptors (Lipinski definition) is 6. The zero-order valence-electron chi connectivity index (χ0n) is 14.5. The lowest BCUT2D eigenvalue weighted by molar-refractivity contribution is -0.138. The normalized spacial score (nSPS) is 24.7. The highest BCUT2D eigenvalue weighted by Gasteiger charge is 2.37. The summed E-state index contributed by atoms with van der Waals surface area (Å²) in [4.78, 5) is 11.8. The summed E-state index contributed by atoms with van der Waals surface area (Å²) >= 11 is 0. The second kappa shape index (κ2) is 7.53. The molecule has 1 heterocycles. The van der Waals surface area contributed by atoms with Crippen LogP contribution in [-0.2, 0) is 0 Å². The van der Waals surface area contributed by atoms with Gasteiger partial charge in [0.15, 0.2) is 5.82 Å². The first-order valence-electron chi connectivity index (χ1n) is 8.69. The lowest BCUT2D eigenvalue weighted by atomic mass is 9.94. The molecule has 11 heteroatoms. The Bertz CT molecular complexity index is 722. The molecular weight excluding hydrogens is 373 g/mol. The number of hydrogen-bond donors (Lipinski definition) is 3. The number of nitrogens with one attached hydrogen (secondary N) is 2. The Morgan fingerprint density at radius 1 is 1.15 bits per heavy atom. The van der Waals surface area contributed by atoms with Crippen LogP contribution in [0, 0.1) is 5.92 Å². The number of alkyl halides is 4. The fourth-order valence-electron chi connectivity index (χ4n) is 2.60. The highest BCUT2D eigenvalue weighted by atomic mass is 19.4. The highest BCUT2D eigenvalue weighted by molar-refractivity contribution is 5.65. The van der Waals surface area contributed by atoms with Crippen molar-refractivity contribution in [2.45, 2.75) is 57.1 Å². The van der Waals surface area contributed by atoms with E-state index in [4.69, 9.17) is 0 Å². The molecular formula is C16H20F5N5O. The number of aliphatic hydroxyl groups is 1. The first-order valence-corrected chi connectivity index (χ1v) is 8.69. The number of anilines is 2. The molecule has 1 saturated carbocycles. The molecule has 0 amide bonds. The monoisotopic (exact) mass is 393 g/mol. The second-order valence-electron chi connectivity index (χ2n) is 6.86. The van der Waals surface area contributed by atoms with Gasteiger partial charge in [0.25, 0.3) is 0 Å². The maximum Gasteiger partial charge on any atom is 0.408 e. The number of aliphatic hydroxyl groups excluding tert-OH is 1. The molecule has 6 nitrogen and oxygen atoms in total. The van der Waals surface area contributed by atoms with Crippen molar-refractivity contribution < 1.29 is 27.1 Å². The third-order valence-electron chi connectivity index (χ3n) is 4.55. The van der Waals surface area contributed by atoms with Crippen molar-refractivity contribution in [3.8, 4) is 0 Å². The van der Waals surface area contributed by atoms with E-state index in [-0.39, 0.29) is 36.1 Å². The standard InChI is InChI=1S/C16H20F5N5O/c1-7(16(19,20)21)23-15-25-13(9-4-5-10(17)12(27)11(9)18)24-14(26-15)22-6-8-2-3-8/h7-8,10,12,27H,2-6H2,1H3,(H2,22,23,24,25,26). The van der Waals surface area contributed by atoms with E-state index in [1.54, 1.807) is 0 Å². The Balaban J connectivity index is 1.91. The van der Waals surface area contributed by atoms with Crippen molar-refractivity contribution in [3.63, 3.8) is 0 Å². The Morgan fingerprint density at radius 2 is 1.81 bits per heavy atom. The summed E-state index contributed by atoms with van der Waals surface area (Å²) in [6.45, 7) is 1.44. The van der Waals surface area contributed by atoms with Crippen molar-refractivity contribution in [1.29, 1.82) is 0 Å². The molecule has 3 unspecified atom stereocenters. The zero-order valence-corrected chi connectivity index (χ0v) is 14.5. The van der Waals surface area contributed by atoms with E-state index in [1.807, 2.05) is 0 Å². The molecule has 3 N–H and O–H groups in total. The summed E-state index contributed by atoms with van der Waals surface area (Å²) in [6, 6.07) is -1.94. The zero-order chi connectivity index (χ0) is 19.8. The van der Waals surface area contributed by atoms with E-state index in [9.17, 15) is 27.1 Å². The molecule has 3 rings (SSSR count). The van der Waals surface area contributed by atoms with Crippen molar-refractivity contribution >= 4 is 17.5 Å². The van der Waals surface area contributed by atoms with Gasteiger partial charge in [0.1, 0.15) is 24.1 Å². The third kappa shape index (κ3) is 4.82. The summed E-state index contributed by atoms with van der Waals surface area (Å²) < 4.78 is 66.2. The van der Waals surface area contributed by atoms with Crippen LogP contribution >= 0.6 is 0 Å². The largest absolute Gasteiger partial charge is 0.408 e. The molecule has 2 aliphatic carbocycles. The molecule has 0 radical (unpaired) electrons. The molecule has 2 aliphatic rings. The summed E-state index contributed by atoms with van der Waals surface area (Å²) in [5.74, 6) is -1.26. The van der Waals surface area contributed by atoms with Crippen molar-refractivity contribution in [2.75, 3.05) is 17.2 Å². The predicted molar refractivity (Wildman–Crippen MR) is 88.3 cm³/mol. The van der Waals surface area contributed by atoms with Crippen LogP contribution in [0.1, 0.15) is 38.4 Å². The average molecular weight is 393 g/mol. The van der Waals surface area contributed by atoms with Gasteiger partial charge in [-0.05, 0) is 38.5 Å². The van der Waals surface area contributed by atoms with Gasteiger partial charge in [0, 0.05) is 12.1 Å². The minimum absolute atomic E-state index is 0.000867. The first-order chi connectivity index (χ1) is 12.6. The van der Waals surface area contributed by atoms with E-state index in [2.05, 4.69) is 25.6 Å². The van der Waals surface area contributed by atoms with Gasteiger partial charge in [0.2, 0.25) is 11.9 Å². The Labute approximate surface area is 152 Å². The van der Waals surface area contributed by atoms with E-state index in [0.29, 0.717) is 12.5 Å². The predicted octanol–water partition coefficient (Wildman–Crippen LogP) is 3.23. The van der Waals surface area contributed by atoms with Crippen molar-refractivity contribution in [3.05, 3.63) is 11.7 Å². The van der Waals surface area contributed by atoms with E-state index in [1.165, 1.54) is 0 Å². The quantitative estimate of drug-likeness (QED) is 0.644. The van der Waals surface area contributed by atoms with E-state index >= 15 is 0 Å². The van der Waals surface area contributed by atoms with Gasteiger partial charge < -0.3 is 15.7 Å². The van der Waals surface area contributed by atoms with Gasteiger partial charge in [-0.2, -0.15) is 28.1 Å². The molecule has 150 valence electrons. The van der Waals surface area contributed by atoms with Crippen LogP contribution in [0.2, 0.25) is 0 Å². The van der Waals surface area contributed by atoms with Gasteiger partial charge in [-0.25, -0.2) is 8.78 Å². The average Bonchev–Trinajstić information content (AvgIpc) is 3.41. The molecule has 3 atom stereocenters. The van der Waals surface area contributed by atoms with Gasteiger partial charge in [-0.3, -0.25) is 0 Å². The first kappa shape index (κ1) is 19.7. The number of nitrogens with zero attached hydrogens (tertiary/aromatic N) is 3. The number of halogens is 5. The number of rotatable bonds is 6. The van der Waals surface area contributed by atoms with Crippen LogP contribution in [0.25, 0.3) is 5.57 Å². The van der Waals surface area contributed by atoms with Crippen LogP contribution in [0.4, 0.5) is 33.8 Å². The molecule has 0 bridgehead atoms. The van der Waals surface area contributed by atoms with Crippen LogP contribution in [0.5, 0.6) is 0 Å². The van der Waals surface area contributed by atoms with Crippen LogP contribution in [-0.4, -0.2) is 51.1 Å². The molecule has 0 aliphatic heterocycles. The molecule has 1 aromatic rings. The smallest absolute Gasteiger partial charge is 0.383 e. The van der Waals surface area contributed by atoms with E-state index in [0.717, 1.165) is 19.8 Å². The number of allylic oxidation sites excluding steroid dienone is 1. The molecule has 27 heavy (non-hydrogen) atoms. The maximum atomic E-state index is 14.3. The third-order valence-corrected chi connectivity index (χ3v) is 4.55. The van der Waals surface area contributed by atoms with Crippen molar-refractivity contribution in [2.24, 2.45) is 5.92 Å². The van der Waals surface area contributed by atoms with Crippen LogP contribution in [0.15, 0.2) is 5.83 Å². The lowest BCUT2D eigenvalue weighted by Gasteiger charge is -2.23. The Kier molecular flexibility index (Phi) is 5.50.